The van der Waals surface area contributed by atoms with Crippen molar-refractivity contribution in [3.8, 4) is 17.6 Å². The van der Waals surface area contributed by atoms with Crippen LogP contribution in [0.2, 0.25) is 0 Å². The minimum absolute atomic E-state index is 0.00267. The first-order valence-corrected chi connectivity index (χ1v) is 18.1. The van der Waals surface area contributed by atoms with E-state index >= 15 is 0 Å². The summed E-state index contributed by atoms with van der Waals surface area (Å²) in [7, 11) is 0. The van der Waals surface area contributed by atoms with Gasteiger partial charge in [-0.05, 0) is 73.3 Å². The van der Waals surface area contributed by atoms with Crippen LogP contribution in [0.5, 0.6) is 5.75 Å². The molecule has 1 amide bonds. The number of amides is 1. The summed E-state index contributed by atoms with van der Waals surface area (Å²) in [6, 6.07) is 18.1. The summed E-state index contributed by atoms with van der Waals surface area (Å²) >= 11 is 2.75. The van der Waals surface area contributed by atoms with Crippen molar-refractivity contribution >= 4 is 55.0 Å². The topological polar surface area (TPSA) is 129 Å². The maximum Gasteiger partial charge on any atom is 0.355 e. The number of anilines is 2. The van der Waals surface area contributed by atoms with Gasteiger partial charge in [0.25, 0.3) is 5.91 Å². The van der Waals surface area contributed by atoms with E-state index in [-0.39, 0.29) is 24.0 Å². The molecule has 0 bridgehead atoms. The van der Waals surface area contributed by atoms with E-state index in [0.29, 0.717) is 65.2 Å². The minimum Gasteiger partial charge on any atom is -0.491 e. The minimum atomic E-state index is -1.10. The molecule has 0 unspecified atom stereocenters. The number of nitrogens with zero attached hydrogens (tertiary/aromatic N) is 3. The lowest BCUT2D eigenvalue weighted by molar-refractivity contribution is 0.0690. The van der Waals surface area contributed by atoms with Crippen molar-refractivity contribution in [1.29, 1.82) is 0 Å². The Morgan fingerprint density at radius 1 is 1.06 bits per heavy atom. The number of nitrogens with one attached hydrogen (secondary N) is 3. The highest BCUT2D eigenvalue weighted by atomic mass is 32.1. The lowest BCUT2D eigenvalue weighted by Gasteiger charge is -2.29. The zero-order chi connectivity index (χ0) is 34.9. The van der Waals surface area contributed by atoms with Crippen molar-refractivity contribution < 1.29 is 23.8 Å². The molecule has 0 aliphatic carbocycles. The third kappa shape index (κ3) is 8.64. The molecule has 3 heterocycles. The van der Waals surface area contributed by atoms with E-state index in [2.05, 4.69) is 44.7 Å². The Hall–Kier alpha value is -4.87. The van der Waals surface area contributed by atoms with Gasteiger partial charge in [0.15, 0.2) is 27.5 Å². The number of hydrogen-bond acceptors (Lipinski definition) is 10. The van der Waals surface area contributed by atoms with Crippen molar-refractivity contribution in [1.82, 2.24) is 20.6 Å². The molecule has 4 N–H and O–H groups in total. The molecule has 50 heavy (non-hydrogen) atoms. The number of ether oxygens (including phenoxy) is 1. The average molecular weight is 713 g/mol. The van der Waals surface area contributed by atoms with Crippen LogP contribution in [0.25, 0.3) is 10.2 Å². The van der Waals surface area contributed by atoms with Gasteiger partial charge in [0.2, 0.25) is 0 Å². The first-order valence-electron chi connectivity index (χ1n) is 16.5. The molecule has 0 atom stereocenters. The van der Waals surface area contributed by atoms with Gasteiger partial charge in [-0.3, -0.25) is 10.1 Å². The fraction of sp³-hybridized carbons (Fsp3) is 0.297. The second-order valence-electron chi connectivity index (χ2n) is 11.6. The van der Waals surface area contributed by atoms with E-state index in [1.165, 1.54) is 28.7 Å². The number of halogens is 1. The SMILES string of the molecule is CCNCCNCC#Cc1ccc(OCCCc2sc(N3CCc4cccc(C(=O)Nc5nc6ccccc6s5)c4C3)nc2C(=O)O)c(F)c1. The number of carboxylic acid groups (broad SMARTS) is 1. The largest absolute Gasteiger partial charge is 0.491 e. The van der Waals surface area contributed by atoms with Gasteiger partial charge >= 0.3 is 5.97 Å². The van der Waals surface area contributed by atoms with Gasteiger partial charge in [-0.2, -0.15) is 0 Å². The molecule has 0 saturated heterocycles. The van der Waals surface area contributed by atoms with Crippen LogP contribution in [-0.2, 0) is 19.4 Å². The van der Waals surface area contributed by atoms with Crippen LogP contribution in [0.1, 0.15) is 55.8 Å². The van der Waals surface area contributed by atoms with E-state index < -0.39 is 11.8 Å². The predicted molar refractivity (Wildman–Crippen MR) is 196 cm³/mol. The van der Waals surface area contributed by atoms with E-state index in [9.17, 15) is 19.1 Å². The van der Waals surface area contributed by atoms with E-state index in [4.69, 9.17) is 4.74 Å². The van der Waals surface area contributed by atoms with E-state index in [1.54, 1.807) is 18.2 Å². The smallest absolute Gasteiger partial charge is 0.355 e. The van der Waals surface area contributed by atoms with Gasteiger partial charge in [-0.25, -0.2) is 19.2 Å². The molecular formula is C37H37FN6O4S2. The Balaban J connectivity index is 1.06. The molecule has 1 aliphatic rings. The van der Waals surface area contributed by atoms with Crippen molar-refractivity contribution in [2.24, 2.45) is 0 Å². The quantitative estimate of drug-likeness (QED) is 0.0814. The third-order valence-corrected chi connectivity index (χ3v) is 10.2. The maximum atomic E-state index is 14.7. The molecule has 0 spiro atoms. The molecule has 0 radical (unpaired) electrons. The molecule has 258 valence electrons. The highest BCUT2D eigenvalue weighted by Gasteiger charge is 2.26. The van der Waals surface area contributed by atoms with E-state index in [0.717, 1.165) is 41.0 Å². The number of fused-ring (bicyclic) bond motifs is 2. The molecule has 2 aromatic heterocycles. The molecule has 1 aliphatic heterocycles. The fourth-order valence-corrected chi connectivity index (χ4v) is 7.60. The van der Waals surface area contributed by atoms with Crippen LogP contribution < -0.4 is 25.6 Å². The monoisotopic (exact) mass is 712 g/mol. The molecule has 6 rings (SSSR count). The molecule has 3 aromatic carbocycles. The zero-order valence-corrected chi connectivity index (χ0v) is 29.2. The molecule has 13 heteroatoms. The molecule has 10 nitrogen and oxygen atoms in total. The number of carbonyl (C=O) groups excluding carboxylic acids is 1. The number of aromatic nitrogens is 2. The van der Waals surface area contributed by atoms with Crippen LogP contribution >= 0.6 is 22.7 Å². The third-order valence-electron chi connectivity index (χ3n) is 8.10. The number of rotatable bonds is 14. The highest BCUT2D eigenvalue weighted by molar-refractivity contribution is 7.22. The number of carboxylic acids is 1. The number of aryl methyl sites for hydroxylation is 1. The Kier molecular flexibility index (Phi) is 11.7. The van der Waals surface area contributed by atoms with Gasteiger partial charge in [0, 0.05) is 42.2 Å². The molecule has 5 aromatic rings. The first-order chi connectivity index (χ1) is 24.4. The van der Waals surface area contributed by atoms with Crippen LogP contribution in [-0.4, -0.2) is 66.3 Å². The van der Waals surface area contributed by atoms with Crippen LogP contribution in [0.4, 0.5) is 14.7 Å². The summed E-state index contributed by atoms with van der Waals surface area (Å²) in [5.74, 6) is 4.22. The predicted octanol–water partition coefficient (Wildman–Crippen LogP) is 5.97. The van der Waals surface area contributed by atoms with E-state index in [1.807, 2.05) is 41.3 Å². The average Bonchev–Trinajstić information content (AvgIpc) is 3.74. The summed E-state index contributed by atoms with van der Waals surface area (Å²) < 4.78 is 21.4. The highest BCUT2D eigenvalue weighted by Crippen LogP contribution is 2.33. The van der Waals surface area contributed by atoms with Crippen molar-refractivity contribution in [3.63, 3.8) is 0 Å². The number of hydrogen-bond donors (Lipinski definition) is 4. The number of thiazole rings is 2. The zero-order valence-electron chi connectivity index (χ0n) is 27.6. The Labute approximate surface area is 297 Å². The van der Waals surface area contributed by atoms with Crippen molar-refractivity contribution in [2.45, 2.75) is 32.7 Å². The summed E-state index contributed by atoms with van der Waals surface area (Å²) in [6.07, 6.45) is 1.57. The lowest BCUT2D eigenvalue weighted by Crippen LogP contribution is -2.32. The number of aromatic carboxylic acids is 1. The lowest BCUT2D eigenvalue weighted by atomic mass is 9.94. The number of benzene rings is 3. The van der Waals surface area contributed by atoms with Crippen molar-refractivity contribution in [2.75, 3.05) is 49.5 Å². The second kappa shape index (κ2) is 16.7. The fourth-order valence-electron chi connectivity index (χ4n) is 5.62. The molecule has 0 fully saturated rings. The molecule has 0 saturated carbocycles. The number of likely N-dealkylation sites (N-methyl/N-ethyl adjacent to an activating group) is 1. The second-order valence-corrected chi connectivity index (χ2v) is 13.7. The van der Waals surface area contributed by atoms with Gasteiger partial charge < -0.3 is 25.4 Å². The van der Waals surface area contributed by atoms with Crippen LogP contribution in [0.15, 0.2) is 60.7 Å². The normalized spacial score (nSPS) is 12.3. The first kappa shape index (κ1) is 35.0. The van der Waals surface area contributed by atoms with Crippen LogP contribution in [0.3, 0.4) is 0 Å². The maximum absolute atomic E-state index is 14.7. The Morgan fingerprint density at radius 3 is 2.74 bits per heavy atom. The number of carbonyl (C=O) groups is 2. The molecular weight excluding hydrogens is 676 g/mol. The number of para-hydroxylation sites is 1. The Morgan fingerprint density at radius 2 is 1.92 bits per heavy atom. The Bertz CT molecular complexity index is 2020. The van der Waals surface area contributed by atoms with Gasteiger partial charge in [-0.1, -0.05) is 54.4 Å². The van der Waals surface area contributed by atoms with Crippen LogP contribution in [0, 0.1) is 17.7 Å². The van der Waals surface area contributed by atoms with Gasteiger partial charge in [0.05, 0.1) is 23.4 Å². The van der Waals surface area contributed by atoms with Crippen molar-refractivity contribution in [3.05, 3.63) is 99.3 Å². The summed E-state index contributed by atoms with van der Waals surface area (Å²) in [4.78, 5) is 37.3. The summed E-state index contributed by atoms with van der Waals surface area (Å²) in [5.41, 5.74) is 3.91. The summed E-state index contributed by atoms with van der Waals surface area (Å²) in [5, 5.41) is 20.4. The van der Waals surface area contributed by atoms with Gasteiger partial charge in [-0.15, -0.1) is 11.3 Å². The standard InChI is InChI=1S/C37H37FN6O4S2/c1-2-39-18-19-40-17-6-8-24-14-15-30(28(38)22-24)48-21-7-13-32-33(35(46)47)42-37(50-32)44-20-16-25-9-5-10-26(27(25)23-44)34(45)43-36-41-29-11-3-4-12-31(29)49-36/h3-5,9-12,14-15,22,39-40H,2,7,13,16-21,23H2,1H3,(H,46,47)(H,41,43,45). The van der Waals surface area contributed by atoms with Gasteiger partial charge in [0.1, 0.15) is 0 Å². The summed E-state index contributed by atoms with van der Waals surface area (Å²) in [6.45, 7) is 6.41.